The second-order valence-corrected chi connectivity index (χ2v) is 6.50. The molecule has 0 aliphatic heterocycles. The summed E-state index contributed by atoms with van der Waals surface area (Å²) in [5, 5.41) is 0. The number of benzene rings is 1. The predicted molar refractivity (Wildman–Crippen MR) is 89.3 cm³/mol. The van der Waals surface area contributed by atoms with E-state index in [2.05, 4.69) is 39.8 Å². The molecule has 1 aromatic rings. The Morgan fingerprint density at radius 2 is 1.62 bits per heavy atom. The van der Waals surface area contributed by atoms with E-state index in [0.29, 0.717) is 0 Å². The highest BCUT2D eigenvalue weighted by molar-refractivity contribution is 5.98. The van der Waals surface area contributed by atoms with E-state index >= 15 is 0 Å². The maximum Gasteiger partial charge on any atom is 0.254 e. The molecular weight excluding hydrogens is 258 g/mol. The van der Waals surface area contributed by atoms with Crippen LogP contribution in [-0.4, -0.2) is 22.9 Å². The van der Waals surface area contributed by atoms with Gasteiger partial charge in [-0.25, -0.2) is 0 Å². The average Bonchev–Trinajstić information content (AvgIpc) is 2.91. The van der Waals surface area contributed by atoms with Crippen molar-refractivity contribution >= 4 is 12.0 Å². The molecule has 0 aromatic heterocycles. The molecular formula is C19H27NO. The van der Waals surface area contributed by atoms with Crippen LogP contribution in [0, 0.1) is 0 Å². The predicted octanol–water partition coefficient (Wildman–Crippen LogP) is 4.90. The first-order valence-corrected chi connectivity index (χ1v) is 8.12. The Morgan fingerprint density at radius 1 is 1.05 bits per heavy atom. The monoisotopic (exact) mass is 285 g/mol. The highest BCUT2D eigenvalue weighted by Gasteiger charge is 2.23. The van der Waals surface area contributed by atoms with Crippen molar-refractivity contribution in [3.8, 4) is 0 Å². The third-order valence-electron chi connectivity index (χ3n) is 4.14. The lowest BCUT2D eigenvalue weighted by atomic mass is 10.0. The molecule has 21 heavy (non-hydrogen) atoms. The molecule has 0 N–H and O–H groups in total. The van der Waals surface area contributed by atoms with E-state index in [0.717, 1.165) is 11.1 Å². The Morgan fingerprint density at radius 3 is 2.19 bits per heavy atom. The lowest BCUT2D eigenvalue weighted by Gasteiger charge is -2.31. The second-order valence-electron chi connectivity index (χ2n) is 6.50. The highest BCUT2D eigenvalue weighted by Crippen LogP contribution is 2.27. The van der Waals surface area contributed by atoms with Crippen molar-refractivity contribution in [1.29, 1.82) is 0 Å². The van der Waals surface area contributed by atoms with Crippen LogP contribution in [0.2, 0.25) is 0 Å². The summed E-state index contributed by atoms with van der Waals surface area (Å²) in [5.41, 5.74) is 3.39. The molecule has 1 aromatic carbocycles. The summed E-state index contributed by atoms with van der Waals surface area (Å²) in [4.78, 5) is 14.9. The van der Waals surface area contributed by atoms with Crippen LogP contribution in [-0.2, 0) is 0 Å². The van der Waals surface area contributed by atoms with E-state index in [9.17, 15) is 4.79 Å². The van der Waals surface area contributed by atoms with Gasteiger partial charge in [0.05, 0.1) is 0 Å². The lowest BCUT2D eigenvalue weighted by molar-refractivity contribution is 0.0643. The molecule has 1 aliphatic carbocycles. The molecule has 0 bridgehead atoms. The Labute approximate surface area is 128 Å². The zero-order valence-corrected chi connectivity index (χ0v) is 13.7. The first-order valence-electron chi connectivity index (χ1n) is 8.12. The number of hydrogen-bond donors (Lipinski definition) is 0. The van der Waals surface area contributed by atoms with E-state index in [4.69, 9.17) is 0 Å². The Kier molecular flexibility index (Phi) is 5.22. The summed E-state index contributed by atoms with van der Waals surface area (Å²) in [5.74, 6) is 0.144. The minimum atomic E-state index is 0.144. The van der Waals surface area contributed by atoms with Gasteiger partial charge in [-0.2, -0.15) is 0 Å². The Hall–Kier alpha value is -1.57. The molecule has 0 saturated heterocycles. The molecule has 1 fully saturated rings. The molecule has 0 spiro atoms. The SMILES string of the molecule is CC(C)N(C(=O)c1ccccc1C=C1CCCC1)C(C)C. The van der Waals surface area contributed by atoms with Crippen molar-refractivity contribution in [2.45, 2.75) is 65.5 Å². The second kappa shape index (κ2) is 6.93. The van der Waals surface area contributed by atoms with Gasteiger partial charge in [0.1, 0.15) is 0 Å². The van der Waals surface area contributed by atoms with Crippen LogP contribution in [0.25, 0.3) is 6.08 Å². The van der Waals surface area contributed by atoms with Gasteiger partial charge in [-0.1, -0.05) is 29.8 Å². The summed E-state index contributed by atoms with van der Waals surface area (Å²) in [6, 6.07) is 8.43. The quantitative estimate of drug-likeness (QED) is 0.770. The fourth-order valence-electron chi connectivity index (χ4n) is 3.22. The maximum absolute atomic E-state index is 12.9. The van der Waals surface area contributed by atoms with Crippen molar-refractivity contribution in [1.82, 2.24) is 4.90 Å². The van der Waals surface area contributed by atoms with Crippen LogP contribution in [0.4, 0.5) is 0 Å². The molecule has 1 aliphatic rings. The fraction of sp³-hybridized carbons (Fsp3) is 0.526. The molecule has 0 atom stereocenters. The summed E-state index contributed by atoms with van der Waals surface area (Å²) in [6.45, 7) is 8.32. The van der Waals surface area contributed by atoms with Gasteiger partial charge in [-0.15, -0.1) is 0 Å². The van der Waals surface area contributed by atoms with Crippen molar-refractivity contribution in [2.24, 2.45) is 0 Å². The molecule has 114 valence electrons. The lowest BCUT2D eigenvalue weighted by Crippen LogP contribution is -2.42. The van der Waals surface area contributed by atoms with Gasteiger partial charge in [0.15, 0.2) is 0 Å². The van der Waals surface area contributed by atoms with Crippen LogP contribution in [0.1, 0.15) is 69.3 Å². The summed E-state index contributed by atoms with van der Waals surface area (Å²) in [6.07, 6.45) is 7.17. The van der Waals surface area contributed by atoms with E-state index in [1.54, 1.807) is 0 Å². The summed E-state index contributed by atoms with van der Waals surface area (Å²) < 4.78 is 0. The molecule has 1 saturated carbocycles. The van der Waals surface area contributed by atoms with E-state index in [-0.39, 0.29) is 18.0 Å². The standard InChI is InChI=1S/C19H27NO/c1-14(2)20(15(3)4)19(21)18-12-8-7-11-17(18)13-16-9-5-6-10-16/h7-8,11-15H,5-6,9-10H2,1-4H3. The molecule has 0 radical (unpaired) electrons. The van der Waals surface area contributed by atoms with Crippen LogP contribution >= 0.6 is 0 Å². The van der Waals surface area contributed by atoms with Gasteiger partial charge in [-0.05, 0) is 65.0 Å². The van der Waals surface area contributed by atoms with Gasteiger partial charge < -0.3 is 4.90 Å². The minimum Gasteiger partial charge on any atom is -0.334 e. The van der Waals surface area contributed by atoms with Crippen molar-refractivity contribution < 1.29 is 4.79 Å². The van der Waals surface area contributed by atoms with Gasteiger partial charge >= 0.3 is 0 Å². The number of rotatable bonds is 4. The number of amides is 1. The van der Waals surface area contributed by atoms with Gasteiger partial charge in [-0.3, -0.25) is 4.79 Å². The molecule has 0 heterocycles. The molecule has 2 rings (SSSR count). The van der Waals surface area contributed by atoms with E-state index < -0.39 is 0 Å². The number of nitrogens with zero attached hydrogens (tertiary/aromatic N) is 1. The third kappa shape index (κ3) is 3.75. The van der Waals surface area contributed by atoms with Crippen molar-refractivity contribution in [3.63, 3.8) is 0 Å². The molecule has 2 nitrogen and oxygen atoms in total. The summed E-state index contributed by atoms with van der Waals surface area (Å²) >= 11 is 0. The molecule has 1 amide bonds. The zero-order chi connectivity index (χ0) is 15.4. The first-order chi connectivity index (χ1) is 10.0. The van der Waals surface area contributed by atoms with Gasteiger partial charge in [0.25, 0.3) is 5.91 Å². The zero-order valence-electron chi connectivity index (χ0n) is 13.7. The van der Waals surface area contributed by atoms with E-state index in [1.807, 2.05) is 23.1 Å². The van der Waals surface area contributed by atoms with Gasteiger partial charge in [0.2, 0.25) is 0 Å². The molecule has 2 heteroatoms. The number of allylic oxidation sites excluding steroid dienone is 1. The molecule has 0 unspecified atom stereocenters. The Balaban J connectivity index is 2.35. The fourth-order valence-corrected chi connectivity index (χ4v) is 3.22. The highest BCUT2D eigenvalue weighted by atomic mass is 16.2. The van der Waals surface area contributed by atoms with Crippen molar-refractivity contribution in [3.05, 3.63) is 41.0 Å². The number of carbonyl (C=O) groups is 1. The van der Waals surface area contributed by atoms with Crippen LogP contribution in [0.15, 0.2) is 29.8 Å². The summed E-state index contributed by atoms with van der Waals surface area (Å²) in [7, 11) is 0. The van der Waals surface area contributed by atoms with Gasteiger partial charge in [0, 0.05) is 17.6 Å². The van der Waals surface area contributed by atoms with Crippen LogP contribution in [0.5, 0.6) is 0 Å². The Bertz CT molecular complexity index is 512. The number of carbonyl (C=O) groups excluding carboxylic acids is 1. The van der Waals surface area contributed by atoms with Crippen LogP contribution in [0.3, 0.4) is 0 Å². The van der Waals surface area contributed by atoms with Crippen LogP contribution < -0.4 is 0 Å². The third-order valence-corrected chi connectivity index (χ3v) is 4.14. The number of hydrogen-bond acceptors (Lipinski definition) is 1. The first kappa shape index (κ1) is 15.8. The largest absolute Gasteiger partial charge is 0.334 e. The van der Waals surface area contributed by atoms with Crippen molar-refractivity contribution in [2.75, 3.05) is 0 Å². The maximum atomic E-state index is 12.9. The average molecular weight is 285 g/mol. The smallest absolute Gasteiger partial charge is 0.254 e. The van der Waals surface area contributed by atoms with E-state index in [1.165, 1.54) is 31.3 Å². The normalized spacial score (nSPS) is 14.9. The minimum absolute atomic E-state index is 0.144. The topological polar surface area (TPSA) is 20.3 Å².